The zero-order valence-corrected chi connectivity index (χ0v) is 15.7. The molecular weight excluding hydrogens is 354 g/mol. The molecule has 2 rings (SSSR count). The number of carbonyl (C=O) groups excluding carboxylic acids is 2. The van der Waals surface area contributed by atoms with Crippen LogP contribution >= 0.6 is 12.2 Å². The first-order valence-electron chi connectivity index (χ1n) is 7.67. The van der Waals surface area contributed by atoms with E-state index in [0.717, 1.165) is 5.56 Å². The number of anilines is 1. The highest BCUT2D eigenvalue weighted by Crippen LogP contribution is 2.23. The van der Waals surface area contributed by atoms with Crippen molar-refractivity contribution in [2.75, 3.05) is 26.6 Å². The molecule has 0 aliphatic heterocycles. The minimum absolute atomic E-state index is 0.205. The van der Waals surface area contributed by atoms with Gasteiger partial charge in [0.1, 0.15) is 10.7 Å². The lowest BCUT2D eigenvalue weighted by molar-refractivity contribution is 0.0599. The summed E-state index contributed by atoms with van der Waals surface area (Å²) >= 11 is 5.45. The van der Waals surface area contributed by atoms with Gasteiger partial charge in [-0.05, 0) is 42.8 Å². The van der Waals surface area contributed by atoms with Crippen LogP contribution in [0.3, 0.4) is 0 Å². The van der Waals surface area contributed by atoms with Gasteiger partial charge in [0.15, 0.2) is 0 Å². The van der Waals surface area contributed by atoms with Crippen LogP contribution in [0.25, 0.3) is 0 Å². The molecule has 0 unspecified atom stereocenters. The van der Waals surface area contributed by atoms with Crippen molar-refractivity contribution in [1.29, 1.82) is 0 Å². The monoisotopic (exact) mass is 373 g/mol. The van der Waals surface area contributed by atoms with Gasteiger partial charge < -0.3 is 19.5 Å². The lowest BCUT2D eigenvalue weighted by Gasteiger charge is -2.14. The number of thiocarbonyl (C=S) groups is 1. The van der Waals surface area contributed by atoms with E-state index in [9.17, 15) is 9.59 Å². The summed E-state index contributed by atoms with van der Waals surface area (Å²) in [5.74, 6) is -0.518. The summed E-state index contributed by atoms with van der Waals surface area (Å²) in [5.41, 5.74) is 2.60. The van der Waals surface area contributed by atoms with E-state index in [2.05, 4.69) is 5.32 Å². The maximum absolute atomic E-state index is 11.9. The molecule has 0 fully saturated rings. The standard InChI is InChI=1S/C19H19NO5S/c1-11-5-6-15(16(7-11)23-2)17(26)20-14-9-12(18(21)24-3)8-13(10-14)19(22)25-4/h5-10H,1-4H3,(H,20,26). The predicted molar refractivity (Wildman–Crippen MR) is 102 cm³/mol. The first-order valence-corrected chi connectivity index (χ1v) is 8.08. The topological polar surface area (TPSA) is 73.9 Å². The Morgan fingerprint density at radius 2 is 1.50 bits per heavy atom. The van der Waals surface area contributed by atoms with Gasteiger partial charge in [-0.25, -0.2) is 9.59 Å². The Morgan fingerprint density at radius 3 is 2.00 bits per heavy atom. The summed E-state index contributed by atoms with van der Waals surface area (Å²) in [6, 6.07) is 10.1. The number of aryl methyl sites for hydroxylation is 1. The largest absolute Gasteiger partial charge is 0.496 e. The Labute approximate surface area is 157 Å². The van der Waals surface area contributed by atoms with Gasteiger partial charge in [0.05, 0.1) is 38.0 Å². The van der Waals surface area contributed by atoms with Crippen molar-refractivity contribution in [1.82, 2.24) is 0 Å². The normalized spacial score (nSPS) is 10.0. The fourth-order valence-corrected chi connectivity index (χ4v) is 2.64. The third-order valence-corrected chi connectivity index (χ3v) is 3.96. The molecule has 0 bridgehead atoms. The van der Waals surface area contributed by atoms with Crippen LogP contribution in [0.1, 0.15) is 31.8 Å². The number of hydrogen-bond donors (Lipinski definition) is 1. The SMILES string of the molecule is COC(=O)c1cc(NC(=S)c2ccc(C)cc2OC)cc(C(=O)OC)c1. The van der Waals surface area contributed by atoms with Gasteiger partial charge in [0.25, 0.3) is 0 Å². The molecule has 136 valence electrons. The number of nitrogens with one attached hydrogen (secondary N) is 1. The predicted octanol–water partition coefficient (Wildman–Crippen LogP) is 3.36. The number of methoxy groups -OCH3 is 3. The second kappa shape index (κ2) is 8.44. The van der Waals surface area contributed by atoms with Crippen LogP contribution in [0, 0.1) is 6.92 Å². The van der Waals surface area contributed by atoms with Gasteiger partial charge >= 0.3 is 11.9 Å². The van der Waals surface area contributed by atoms with Crippen molar-refractivity contribution in [3.63, 3.8) is 0 Å². The third kappa shape index (κ3) is 4.37. The fourth-order valence-electron chi connectivity index (χ4n) is 2.36. The van der Waals surface area contributed by atoms with Crippen molar-refractivity contribution < 1.29 is 23.8 Å². The Kier molecular flexibility index (Phi) is 6.30. The molecule has 0 aromatic heterocycles. The molecule has 0 amide bonds. The van der Waals surface area contributed by atoms with E-state index in [0.29, 0.717) is 22.0 Å². The zero-order valence-electron chi connectivity index (χ0n) is 14.9. The fraction of sp³-hybridized carbons (Fsp3) is 0.211. The molecule has 7 heteroatoms. The molecule has 0 saturated carbocycles. The Bertz CT molecular complexity index is 829. The van der Waals surface area contributed by atoms with Crippen LogP contribution < -0.4 is 10.1 Å². The van der Waals surface area contributed by atoms with Crippen molar-refractivity contribution in [3.05, 3.63) is 58.7 Å². The molecule has 0 aliphatic carbocycles. The minimum Gasteiger partial charge on any atom is -0.496 e. The number of rotatable bonds is 5. The van der Waals surface area contributed by atoms with Crippen LogP contribution in [-0.2, 0) is 9.47 Å². The quantitative estimate of drug-likeness (QED) is 0.636. The molecule has 6 nitrogen and oxygen atoms in total. The maximum atomic E-state index is 11.9. The van der Waals surface area contributed by atoms with Crippen molar-refractivity contribution >= 4 is 34.8 Å². The zero-order chi connectivity index (χ0) is 19.3. The van der Waals surface area contributed by atoms with Crippen molar-refractivity contribution in [2.24, 2.45) is 0 Å². The van der Waals surface area contributed by atoms with Crippen LogP contribution in [0.2, 0.25) is 0 Å². The Hall–Kier alpha value is -2.93. The van der Waals surface area contributed by atoms with Crippen molar-refractivity contribution in [2.45, 2.75) is 6.92 Å². The van der Waals surface area contributed by atoms with Gasteiger partial charge in [0.2, 0.25) is 0 Å². The van der Waals surface area contributed by atoms with E-state index in [1.54, 1.807) is 19.2 Å². The molecule has 0 spiro atoms. The van der Waals surface area contributed by atoms with Crippen LogP contribution in [-0.4, -0.2) is 38.3 Å². The van der Waals surface area contributed by atoms with Gasteiger partial charge in [-0.1, -0.05) is 18.3 Å². The Balaban J connectivity index is 2.40. The molecule has 26 heavy (non-hydrogen) atoms. The second-order valence-corrected chi connectivity index (χ2v) is 5.85. The molecule has 0 atom stereocenters. The smallest absolute Gasteiger partial charge is 0.337 e. The third-order valence-electron chi connectivity index (χ3n) is 3.63. The summed E-state index contributed by atoms with van der Waals surface area (Å²) in [4.78, 5) is 24.1. The number of ether oxygens (including phenoxy) is 3. The molecule has 0 saturated heterocycles. The van der Waals surface area contributed by atoms with E-state index in [4.69, 9.17) is 26.4 Å². The van der Waals surface area contributed by atoms with Crippen molar-refractivity contribution in [3.8, 4) is 5.75 Å². The number of hydrogen-bond acceptors (Lipinski definition) is 6. The average molecular weight is 373 g/mol. The first-order chi connectivity index (χ1) is 12.4. The van der Waals surface area contributed by atoms with Crippen LogP contribution in [0.4, 0.5) is 5.69 Å². The lowest BCUT2D eigenvalue weighted by atomic mass is 10.1. The van der Waals surface area contributed by atoms with Crippen LogP contribution in [0.5, 0.6) is 5.75 Å². The summed E-state index contributed by atoms with van der Waals surface area (Å²) in [5, 5.41) is 3.03. The Morgan fingerprint density at radius 1 is 0.923 bits per heavy atom. The highest BCUT2D eigenvalue weighted by atomic mass is 32.1. The summed E-state index contributed by atoms with van der Waals surface area (Å²) in [6.45, 7) is 1.95. The number of benzene rings is 2. The van der Waals surface area contributed by atoms with E-state index in [1.807, 2.05) is 25.1 Å². The highest BCUT2D eigenvalue weighted by molar-refractivity contribution is 7.81. The minimum atomic E-state index is -0.572. The summed E-state index contributed by atoms with van der Waals surface area (Å²) in [7, 11) is 4.10. The highest BCUT2D eigenvalue weighted by Gasteiger charge is 2.15. The van der Waals surface area contributed by atoms with Gasteiger partial charge in [-0.15, -0.1) is 0 Å². The van der Waals surface area contributed by atoms with Gasteiger partial charge in [-0.3, -0.25) is 0 Å². The summed E-state index contributed by atoms with van der Waals surface area (Å²) < 4.78 is 14.8. The van der Waals surface area contributed by atoms with E-state index in [1.165, 1.54) is 20.3 Å². The number of carbonyl (C=O) groups is 2. The van der Waals surface area contributed by atoms with Gasteiger partial charge in [-0.2, -0.15) is 0 Å². The molecule has 0 aliphatic rings. The molecular formula is C19H19NO5S. The second-order valence-electron chi connectivity index (χ2n) is 5.44. The molecule has 2 aromatic rings. The lowest BCUT2D eigenvalue weighted by Crippen LogP contribution is -2.14. The first kappa shape index (κ1) is 19.4. The maximum Gasteiger partial charge on any atom is 0.337 e. The van der Waals surface area contributed by atoms with Gasteiger partial charge in [0, 0.05) is 5.69 Å². The number of esters is 2. The summed E-state index contributed by atoms with van der Waals surface area (Å²) in [6.07, 6.45) is 0. The van der Waals surface area contributed by atoms with E-state index < -0.39 is 11.9 Å². The average Bonchev–Trinajstić information content (AvgIpc) is 2.65. The van der Waals surface area contributed by atoms with E-state index in [-0.39, 0.29) is 11.1 Å². The molecule has 0 radical (unpaired) electrons. The van der Waals surface area contributed by atoms with E-state index >= 15 is 0 Å². The molecule has 0 heterocycles. The van der Waals surface area contributed by atoms with Crippen LogP contribution in [0.15, 0.2) is 36.4 Å². The molecule has 1 N–H and O–H groups in total. The molecule has 2 aromatic carbocycles.